The van der Waals surface area contributed by atoms with E-state index in [2.05, 4.69) is 10.3 Å². The first-order valence-corrected chi connectivity index (χ1v) is 5.50. The molecule has 0 radical (unpaired) electrons. The van der Waals surface area contributed by atoms with E-state index in [9.17, 15) is 4.79 Å². The van der Waals surface area contributed by atoms with Crippen LogP contribution in [0.15, 0.2) is 12.5 Å². The van der Waals surface area contributed by atoms with Crippen LogP contribution in [-0.2, 0) is 7.05 Å². The Kier molecular flexibility index (Phi) is 4.98. The van der Waals surface area contributed by atoms with Crippen molar-refractivity contribution in [1.29, 1.82) is 0 Å². The molecule has 1 amide bonds. The number of rotatable bonds is 6. The molecule has 2 N–H and O–H groups in total. The van der Waals surface area contributed by atoms with Gasteiger partial charge in [0.15, 0.2) is 0 Å². The summed E-state index contributed by atoms with van der Waals surface area (Å²) in [6, 6.07) is 0. The predicted octanol–water partition coefficient (Wildman–Crippen LogP) is 0.558. The average Bonchev–Trinajstić information content (AvgIpc) is 2.70. The molecule has 0 aliphatic heterocycles. The minimum Gasteiger partial charge on any atom is -0.396 e. The Bertz CT molecular complexity index is 336. The monoisotopic (exact) mass is 225 g/mol. The number of nitrogens with zero attached hydrogens (tertiary/aromatic N) is 2. The van der Waals surface area contributed by atoms with Gasteiger partial charge in [0, 0.05) is 20.2 Å². The van der Waals surface area contributed by atoms with Gasteiger partial charge in [0.2, 0.25) is 0 Å². The molecule has 0 aliphatic rings. The van der Waals surface area contributed by atoms with Crippen molar-refractivity contribution in [1.82, 2.24) is 14.9 Å². The van der Waals surface area contributed by atoms with Crippen molar-refractivity contribution in [2.75, 3.05) is 13.2 Å². The summed E-state index contributed by atoms with van der Waals surface area (Å²) in [7, 11) is 1.79. The third-order valence-corrected chi connectivity index (χ3v) is 2.52. The van der Waals surface area contributed by atoms with Crippen LogP contribution in [0.25, 0.3) is 0 Å². The van der Waals surface area contributed by atoms with Crippen molar-refractivity contribution < 1.29 is 9.90 Å². The van der Waals surface area contributed by atoms with Crippen LogP contribution in [-0.4, -0.2) is 33.7 Å². The Morgan fingerprint density at radius 3 is 3.00 bits per heavy atom. The van der Waals surface area contributed by atoms with Gasteiger partial charge in [-0.3, -0.25) is 4.79 Å². The van der Waals surface area contributed by atoms with Crippen LogP contribution in [0.4, 0.5) is 0 Å². The summed E-state index contributed by atoms with van der Waals surface area (Å²) in [5.74, 6) is 0.199. The van der Waals surface area contributed by atoms with Gasteiger partial charge >= 0.3 is 0 Å². The molecule has 1 rings (SSSR count). The Balaban J connectivity index is 2.24. The van der Waals surface area contributed by atoms with E-state index in [0.717, 1.165) is 12.8 Å². The van der Waals surface area contributed by atoms with Gasteiger partial charge in [-0.2, -0.15) is 0 Å². The second-order valence-electron chi connectivity index (χ2n) is 4.08. The van der Waals surface area contributed by atoms with E-state index in [0.29, 0.717) is 18.2 Å². The Hall–Kier alpha value is -1.36. The highest BCUT2D eigenvalue weighted by Gasteiger charge is 2.08. The molecule has 1 atom stereocenters. The Labute approximate surface area is 95.5 Å². The van der Waals surface area contributed by atoms with E-state index < -0.39 is 0 Å². The largest absolute Gasteiger partial charge is 0.396 e. The molecule has 5 nitrogen and oxygen atoms in total. The summed E-state index contributed by atoms with van der Waals surface area (Å²) in [6.45, 7) is 2.83. The fraction of sp³-hybridized carbons (Fsp3) is 0.636. The fourth-order valence-corrected chi connectivity index (χ4v) is 1.41. The van der Waals surface area contributed by atoms with E-state index in [1.165, 1.54) is 0 Å². The summed E-state index contributed by atoms with van der Waals surface area (Å²) in [4.78, 5) is 15.5. The van der Waals surface area contributed by atoms with Crippen LogP contribution < -0.4 is 5.32 Å². The maximum Gasteiger partial charge on any atom is 0.269 e. The molecular formula is C11H19N3O2. The molecule has 0 fully saturated rings. The van der Waals surface area contributed by atoms with E-state index in [1.807, 2.05) is 6.92 Å². The third-order valence-electron chi connectivity index (χ3n) is 2.52. The second kappa shape index (κ2) is 6.27. The van der Waals surface area contributed by atoms with Gasteiger partial charge in [0.05, 0.1) is 12.5 Å². The number of carbonyl (C=O) groups excluding carboxylic acids is 1. The van der Waals surface area contributed by atoms with Crippen molar-refractivity contribution >= 4 is 5.91 Å². The van der Waals surface area contributed by atoms with Gasteiger partial charge in [-0.05, 0) is 18.8 Å². The van der Waals surface area contributed by atoms with E-state index in [-0.39, 0.29) is 12.5 Å². The minimum atomic E-state index is -0.100. The SMILES string of the molecule is CC(CO)CCCNC(=O)c1cncn1C. The highest BCUT2D eigenvalue weighted by molar-refractivity contribution is 5.92. The quantitative estimate of drug-likeness (QED) is 0.695. The highest BCUT2D eigenvalue weighted by Crippen LogP contribution is 2.03. The Morgan fingerprint density at radius 1 is 1.69 bits per heavy atom. The molecule has 0 bridgehead atoms. The molecule has 0 aliphatic carbocycles. The molecule has 1 aromatic rings. The van der Waals surface area contributed by atoms with Crippen molar-refractivity contribution in [3.05, 3.63) is 18.2 Å². The normalized spacial score (nSPS) is 12.4. The lowest BCUT2D eigenvalue weighted by Gasteiger charge is -2.08. The maximum absolute atomic E-state index is 11.6. The van der Waals surface area contributed by atoms with Crippen molar-refractivity contribution in [2.45, 2.75) is 19.8 Å². The molecule has 1 aromatic heterocycles. The number of nitrogens with one attached hydrogen (secondary N) is 1. The fourth-order valence-electron chi connectivity index (χ4n) is 1.41. The van der Waals surface area contributed by atoms with E-state index in [1.54, 1.807) is 24.1 Å². The van der Waals surface area contributed by atoms with Crippen molar-refractivity contribution in [3.63, 3.8) is 0 Å². The lowest BCUT2D eigenvalue weighted by molar-refractivity contribution is 0.0944. The number of aromatic nitrogens is 2. The average molecular weight is 225 g/mol. The number of aliphatic hydroxyl groups is 1. The highest BCUT2D eigenvalue weighted by atomic mass is 16.3. The lowest BCUT2D eigenvalue weighted by Crippen LogP contribution is -2.26. The second-order valence-corrected chi connectivity index (χ2v) is 4.08. The minimum absolute atomic E-state index is 0.100. The molecule has 5 heteroatoms. The van der Waals surface area contributed by atoms with Gasteiger partial charge in [0.1, 0.15) is 5.69 Å². The summed E-state index contributed by atoms with van der Waals surface area (Å²) in [5, 5.41) is 11.7. The van der Waals surface area contributed by atoms with Crippen LogP contribution in [0.3, 0.4) is 0 Å². The van der Waals surface area contributed by atoms with Crippen LogP contribution in [0.1, 0.15) is 30.3 Å². The summed E-state index contributed by atoms with van der Waals surface area (Å²) >= 11 is 0. The van der Waals surface area contributed by atoms with Crippen LogP contribution in [0, 0.1) is 5.92 Å². The molecule has 0 saturated carbocycles. The van der Waals surface area contributed by atoms with Crippen molar-refractivity contribution in [2.24, 2.45) is 13.0 Å². The summed E-state index contributed by atoms with van der Waals surface area (Å²) < 4.78 is 1.69. The standard InChI is InChI=1S/C11H19N3O2/c1-9(7-15)4-3-5-13-11(16)10-6-12-8-14(10)2/h6,8-9,15H,3-5,7H2,1-2H3,(H,13,16). The predicted molar refractivity (Wildman–Crippen MR) is 61.0 cm³/mol. The first kappa shape index (κ1) is 12.7. The third kappa shape index (κ3) is 3.66. The lowest BCUT2D eigenvalue weighted by atomic mass is 10.1. The molecule has 0 aromatic carbocycles. The smallest absolute Gasteiger partial charge is 0.269 e. The topological polar surface area (TPSA) is 67.2 Å². The molecule has 1 unspecified atom stereocenters. The zero-order valence-electron chi connectivity index (χ0n) is 9.81. The molecular weight excluding hydrogens is 206 g/mol. The van der Waals surface area contributed by atoms with E-state index in [4.69, 9.17) is 5.11 Å². The number of imidazole rings is 1. The van der Waals surface area contributed by atoms with E-state index >= 15 is 0 Å². The number of hydrogen-bond donors (Lipinski definition) is 2. The van der Waals surface area contributed by atoms with Crippen LogP contribution >= 0.6 is 0 Å². The first-order chi connectivity index (χ1) is 7.65. The van der Waals surface area contributed by atoms with Crippen molar-refractivity contribution in [3.8, 4) is 0 Å². The number of aryl methyl sites for hydroxylation is 1. The Morgan fingerprint density at radius 2 is 2.44 bits per heavy atom. The molecule has 1 heterocycles. The molecule has 90 valence electrons. The summed E-state index contributed by atoms with van der Waals surface area (Å²) in [6.07, 6.45) is 4.95. The van der Waals surface area contributed by atoms with Crippen LogP contribution in [0.2, 0.25) is 0 Å². The van der Waals surface area contributed by atoms with Gasteiger partial charge < -0.3 is 15.0 Å². The van der Waals surface area contributed by atoms with Gasteiger partial charge in [-0.1, -0.05) is 6.92 Å². The maximum atomic E-state index is 11.6. The first-order valence-electron chi connectivity index (χ1n) is 5.50. The zero-order chi connectivity index (χ0) is 12.0. The number of amides is 1. The molecule has 16 heavy (non-hydrogen) atoms. The molecule has 0 spiro atoms. The number of carbonyl (C=O) groups is 1. The van der Waals surface area contributed by atoms with Gasteiger partial charge in [-0.15, -0.1) is 0 Å². The van der Waals surface area contributed by atoms with Gasteiger partial charge in [-0.25, -0.2) is 4.98 Å². The summed E-state index contributed by atoms with van der Waals surface area (Å²) in [5.41, 5.74) is 0.565. The number of hydrogen-bond acceptors (Lipinski definition) is 3. The zero-order valence-corrected chi connectivity index (χ0v) is 9.81. The van der Waals surface area contributed by atoms with Gasteiger partial charge in [0.25, 0.3) is 5.91 Å². The molecule has 0 saturated heterocycles. The van der Waals surface area contributed by atoms with Crippen LogP contribution in [0.5, 0.6) is 0 Å². The number of aliphatic hydroxyl groups excluding tert-OH is 1.